The maximum absolute atomic E-state index is 12.7. The summed E-state index contributed by atoms with van der Waals surface area (Å²) in [6.07, 6.45) is 1.24. The Balaban J connectivity index is 2.59. The molecule has 2 aromatic carbocycles. The molecule has 0 fully saturated rings. The second kappa shape index (κ2) is 8.73. The maximum atomic E-state index is 12.7. The van der Waals surface area contributed by atoms with Crippen molar-refractivity contribution in [2.75, 3.05) is 25.3 Å². The van der Waals surface area contributed by atoms with Gasteiger partial charge >= 0.3 is 6.09 Å². The molecule has 140 valence electrons. The average Bonchev–Trinajstić information content (AvgIpc) is 2.57. The molecule has 0 unspecified atom stereocenters. The van der Waals surface area contributed by atoms with Crippen LogP contribution >= 0.6 is 22.6 Å². The van der Waals surface area contributed by atoms with Crippen molar-refractivity contribution < 1.29 is 19.0 Å². The minimum Gasteiger partial charge on any atom is -0.466 e. The highest BCUT2D eigenvalue weighted by atomic mass is 127. The number of ether oxygens (including phenoxy) is 3. The fourth-order valence-electron chi connectivity index (χ4n) is 2.45. The molecular formula is C20H24INO4. The van der Waals surface area contributed by atoms with Crippen LogP contribution in [0.5, 0.6) is 5.75 Å². The molecule has 6 heteroatoms. The Kier molecular flexibility index (Phi) is 6.88. The number of hydrogen-bond donors (Lipinski definition) is 0. The van der Waals surface area contributed by atoms with E-state index in [2.05, 4.69) is 29.2 Å². The van der Waals surface area contributed by atoms with Crippen LogP contribution in [0, 0.1) is 3.57 Å². The Hall–Kier alpha value is -1.80. The average molecular weight is 469 g/mol. The van der Waals surface area contributed by atoms with E-state index >= 15 is 0 Å². The maximum Gasteiger partial charge on any atom is 0.415 e. The van der Waals surface area contributed by atoms with Crippen LogP contribution in [0.25, 0.3) is 10.8 Å². The van der Waals surface area contributed by atoms with E-state index in [-0.39, 0.29) is 6.79 Å². The third kappa shape index (κ3) is 4.88. The first-order chi connectivity index (χ1) is 12.3. The number of nitrogens with zero attached hydrogens (tertiary/aromatic N) is 1. The van der Waals surface area contributed by atoms with Crippen LogP contribution in [0.2, 0.25) is 0 Å². The van der Waals surface area contributed by atoms with Gasteiger partial charge in [-0.15, -0.1) is 6.58 Å². The van der Waals surface area contributed by atoms with Crippen molar-refractivity contribution in [1.82, 2.24) is 0 Å². The van der Waals surface area contributed by atoms with Crippen molar-refractivity contribution in [1.29, 1.82) is 0 Å². The molecule has 0 radical (unpaired) electrons. The quantitative estimate of drug-likeness (QED) is 0.325. The number of amides is 1. The molecule has 0 aliphatic rings. The lowest BCUT2D eigenvalue weighted by Gasteiger charge is -2.28. The Morgan fingerprint density at radius 1 is 1.31 bits per heavy atom. The van der Waals surface area contributed by atoms with Gasteiger partial charge in [-0.3, -0.25) is 4.90 Å². The zero-order chi connectivity index (χ0) is 19.3. The normalized spacial score (nSPS) is 11.3. The zero-order valence-electron chi connectivity index (χ0n) is 15.5. The summed E-state index contributed by atoms with van der Waals surface area (Å²) in [7, 11) is 1.57. The fourth-order valence-corrected chi connectivity index (χ4v) is 3.34. The van der Waals surface area contributed by atoms with Crippen molar-refractivity contribution in [3.63, 3.8) is 0 Å². The van der Waals surface area contributed by atoms with Crippen LogP contribution in [0.4, 0.5) is 10.5 Å². The summed E-state index contributed by atoms with van der Waals surface area (Å²) in [6, 6.07) is 9.83. The number of carbonyl (C=O) groups is 1. The van der Waals surface area contributed by atoms with Gasteiger partial charge in [-0.05, 0) is 54.8 Å². The number of benzene rings is 2. The van der Waals surface area contributed by atoms with E-state index in [0.29, 0.717) is 18.0 Å². The number of methoxy groups -OCH3 is 1. The van der Waals surface area contributed by atoms with Gasteiger partial charge in [0.2, 0.25) is 0 Å². The molecular weight excluding hydrogens is 445 g/mol. The van der Waals surface area contributed by atoms with Crippen LogP contribution < -0.4 is 9.64 Å². The van der Waals surface area contributed by atoms with E-state index in [0.717, 1.165) is 14.3 Å². The molecule has 0 aliphatic heterocycles. The van der Waals surface area contributed by atoms with E-state index in [1.165, 1.54) is 0 Å². The van der Waals surface area contributed by atoms with Gasteiger partial charge in [-0.1, -0.05) is 30.3 Å². The first-order valence-corrected chi connectivity index (χ1v) is 9.30. The number of hydrogen-bond acceptors (Lipinski definition) is 4. The van der Waals surface area contributed by atoms with Gasteiger partial charge in [-0.25, -0.2) is 4.79 Å². The van der Waals surface area contributed by atoms with Gasteiger partial charge < -0.3 is 14.2 Å². The van der Waals surface area contributed by atoms with Crippen LogP contribution in [0.15, 0.2) is 43.0 Å². The largest absolute Gasteiger partial charge is 0.466 e. The second-order valence-corrected chi connectivity index (χ2v) is 7.77. The van der Waals surface area contributed by atoms with Crippen molar-refractivity contribution >= 4 is 45.1 Å². The van der Waals surface area contributed by atoms with E-state index < -0.39 is 11.7 Å². The Morgan fingerprint density at radius 2 is 2.00 bits per heavy atom. The number of carbonyl (C=O) groups excluding carboxylic acids is 1. The molecule has 1 amide bonds. The summed E-state index contributed by atoms with van der Waals surface area (Å²) in [5.74, 6) is 0.679. The van der Waals surface area contributed by atoms with Crippen molar-refractivity contribution in [2.24, 2.45) is 0 Å². The molecule has 2 rings (SSSR count). The summed E-state index contributed by atoms with van der Waals surface area (Å²) < 4.78 is 17.3. The highest BCUT2D eigenvalue weighted by molar-refractivity contribution is 14.1. The molecule has 0 heterocycles. The van der Waals surface area contributed by atoms with E-state index in [9.17, 15) is 4.79 Å². The van der Waals surface area contributed by atoms with Crippen LogP contribution in [-0.2, 0) is 9.47 Å². The summed E-state index contributed by atoms with van der Waals surface area (Å²) in [6.45, 7) is 9.74. The first kappa shape index (κ1) is 20.5. The Bertz CT molecular complexity index is 798. The zero-order valence-corrected chi connectivity index (χ0v) is 17.7. The molecule has 2 aromatic rings. The molecule has 0 atom stereocenters. The van der Waals surface area contributed by atoms with Gasteiger partial charge in [0.05, 0.1) is 9.26 Å². The van der Waals surface area contributed by atoms with Crippen molar-refractivity contribution in [3.8, 4) is 5.75 Å². The van der Waals surface area contributed by atoms with Gasteiger partial charge in [0, 0.05) is 19.0 Å². The van der Waals surface area contributed by atoms with Crippen molar-refractivity contribution in [3.05, 3.63) is 46.6 Å². The van der Waals surface area contributed by atoms with E-state index in [1.54, 1.807) is 18.1 Å². The van der Waals surface area contributed by atoms with Crippen molar-refractivity contribution in [2.45, 2.75) is 26.4 Å². The number of halogens is 1. The minimum atomic E-state index is -0.589. The summed E-state index contributed by atoms with van der Waals surface area (Å²) >= 11 is 2.19. The lowest BCUT2D eigenvalue weighted by molar-refractivity contribution is 0.0516. The fraction of sp³-hybridized carbons (Fsp3) is 0.350. The molecule has 5 nitrogen and oxygen atoms in total. The molecule has 0 spiro atoms. The highest BCUT2D eigenvalue weighted by Crippen LogP contribution is 2.39. The monoisotopic (exact) mass is 469 g/mol. The third-order valence-corrected chi connectivity index (χ3v) is 4.50. The van der Waals surface area contributed by atoms with E-state index in [4.69, 9.17) is 14.2 Å². The first-order valence-electron chi connectivity index (χ1n) is 8.23. The smallest absolute Gasteiger partial charge is 0.415 e. The molecule has 0 saturated carbocycles. The minimum absolute atomic E-state index is 0.122. The molecule has 0 aromatic heterocycles. The predicted octanol–water partition coefficient (Wildman–Crippen LogP) is 5.35. The van der Waals surface area contributed by atoms with Crippen LogP contribution in [-0.4, -0.2) is 32.1 Å². The Morgan fingerprint density at radius 3 is 2.62 bits per heavy atom. The van der Waals surface area contributed by atoms with Gasteiger partial charge in [0.15, 0.2) is 6.79 Å². The SMILES string of the molecule is C=CCN(C(=O)OC(C)(C)C)c1cc2ccccc2c(OCOC)c1I. The van der Waals surface area contributed by atoms with Crippen LogP contribution in [0.3, 0.4) is 0 Å². The number of fused-ring (bicyclic) bond motifs is 1. The van der Waals surface area contributed by atoms with Gasteiger partial charge in [-0.2, -0.15) is 0 Å². The molecule has 0 N–H and O–H groups in total. The Labute approximate surface area is 168 Å². The second-order valence-electron chi connectivity index (χ2n) is 6.69. The molecule has 0 aliphatic carbocycles. The summed E-state index contributed by atoms with van der Waals surface area (Å²) in [5.41, 5.74) is 0.123. The van der Waals surface area contributed by atoms with Gasteiger partial charge in [0.25, 0.3) is 0 Å². The van der Waals surface area contributed by atoms with Crippen LogP contribution in [0.1, 0.15) is 20.8 Å². The summed E-state index contributed by atoms with van der Waals surface area (Å²) in [4.78, 5) is 14.3. The topological polar surface area (TPSA) is 48.0 Å². The number of rotatable bonds is 6. The predicted molar refractivity (Wildman–Crippen MR) is 113 cm³/mol. The standard InChI is InChI=1S/C20H24INO4/c1-6-11-22(19(23)26-20(2,3)4)16-12-14-9-7-8-10-15(14)18(17(16)21)25-13-24-5/h6-10,12H,1,11,13H2,2-5H3. The number of anilines is 1. The molecule has 26 heavy (non-hydrogen) atoms. The molecule has 0 bridgehead atoms. The molecule has 0 saturated heterocycles. The highest BCUT2D eigenvalue weighted by Gasteiger charge is 2.26. The van der Waals surface area contributed by atoms with Gasteiger partial charge in [0.1, 0.15) is 11.4 Å². The lowest BCUT2D eigenvalue weighted by atomic mass is 10.1. The third-order valence-electron chi connectivity index (χ3n) is 3.46. The summed E-state index contributed by atoms with van der Waals surface area (Å²) in [5, 5.41) is 1.92. The lowest BCUT2D eigenvalue weighted by Crippen LogP contribution is -2.37. The van der Waals surface area contributed by atoms with E-state index in [1.807, 2.05) is 51.1 Å².